The lowest BCUT2D eigenvalue weighted by Crippen LogP contribution is -2.33. The Kier molecular flexibility index (Phi) is 6.83. The maximum atomic E-state index is 12.6. The number of nitrogens with zero attached hydrogens (tertiary/aromatic N) is 2. The molecule has 0 bridgehead atoms. The van der Waals surface area contributed by atoms with Crippen molar-refractivity contribution in [2.45, 2.75) is 13.0 Å². The molecule has 7 nitrogen and oxygen atoms in total. The highest BCUT2D eigenvalue weighted by molar-refractivity contribution is 8.00. The normalized spacial score (nSPS) is 13.6. The zero-order valence-corrected chi connectivity index (χ0v) is 15.4. The molecular formula is C16H17ClN2O5S. The first-order valence-corrected chi connectivity index (χ1v) is 8.85. The molecule has 0 aliphatic carbocycles. The van der Waals surface area contributed by atoms with Crippen LogP contribution in [-0.4, -0.2) is 53.5 Å². The van der Waals surface area contributed by atoms with E-state index in [1.165, 1.54) is 30.9 Å². The predicted molar refractivity (Wildman–Crippen MR) is 92.8 cm³/mol. The molecule has 1 aromatic heterocycles. The van der Waals surface area contributed by atoms with Crippen molar-refractivity contribution >= 4 is 41.2 Å². The van der Waals surface area contributed by atoms with Gasteiger partial charge in [-0.1, -0.05) is 17.7 Å². The average molecular weight is 385 g/mol. The number of amides is 1. The van der Waals surface area contributed by atoms with Crippen molar-refractivity contribution < 1.29 is 23.9 Å². The maximum Gasteiger partial charge on any atom is 0.336 e. The average Bonchev–Trinajstić information content (AvgIpc) is 3.09. The van der Waals surface area contributed by atoms with Crippen LogP contribution >= 0.6 is 23.4 Å². The second-order valence-electron chi connectivity index (χ2n) is 5.13. The molecule has 0 fully saturated rings. The van der Waals surface area contributed by atoms with E-state index in [1.54, 1.807) is 18.3 Å². The van der Waals surface area contributed by atoms with Crippen LogP contribution in [-0.2, 0) is 30.4 Å². The Labute approximate surface area is 154 Å². The lowest BCUT2D eigenvalue weighted by Gasteiger charge is -2.24. The van der Waals surface area contributed by atoms with Crippen LogP contribution in [0.15, 0.2) is 29.6 Å². The lowest BCUT2D eigenvalue weighted by atomic mass is 10.1. The maximum absolute atomic E-state index is 12.6. The van der Waals surface area contributed by atoms with E-state index in [2.05, 4.69) is 9.72 Å². The molecule has 25 heavy (non-hydrogen) atoms. The Hall–Kier alpha value is -2.06. The van der Waals surface area contributed by atoms with E-state index < -0.39 is 24.3 Å². The van der Waals surface area contributed by atoms with Crippen LogP contribution in [0.5, 0.6) is 0 Å². The number of thioether (sulfide) groups is 1. The van der Waals surface area contributed by atoms with Gasteiger partial charge in [0.1, 0.15) is 11.6 Å². The summed E-state index contributed by atoms with van der Waals surface area (Å²) in [6.45, 7) is 0.163. The van der Waals surface area contributed by atoms with Gasteiger partial charge in [0.15, 0.2) is 0 Å². The van der Waals surface area contributed by atoms with Crippen LogP contribution < -0.4 is 0 Å². The van der Waals surface area contributed by atoms with Gasteiger partial charge in [0, 0.05) is 23.4 Å². The molecule has 2 heterocycles. The van der Waals surface area contributed by atoms with Crippen LogP contribution in [0.2, 0.25) is 5.15 Å². The fourth-order valence-corrected chi connectivity index (χ4v) is 3.49. The number of hydrogen-bond acceptors (Lipinski definition) is 7. The van der Waals surface area contributed by atoms with Crippen molar-refractivity contribution in [2.75, 3.05) is 25.7 Å². The molecule has 0 saturated heterocycles. The van der Waals surface area contributed by atoms with E-state index in [-0.39, 0.29) is 6.54 Å². The third-order valence-corrected chi connectivity index (χ3v) is 4.74. The summed E-state index contributed by atoms with van der Waals surface area (Å²) in [4.78, 5) is 41.5. The first-order valence-electron chi connectivity index (χ1n) is 7.32. The predicted octanol–water partition coefficient (Wildman–Crippen LogP) is 1.80. The third-order valence-electron chi connectivity index (χ3n) is 3.54. The Morgan fingerprint density at radius 2 is 2.00 bits per heavy atom. The molecule has 0 unspecified atom stereocenters. The van der Waals surface area contributed by atoms with E-state index in [0.29, 0.717) is 27.9 Å². The van der Waals surface area contributed by atoms with E-state index >= 15 is 0 Å². The first kappa shape index (κ1) is 19.3. The summed E-state index contributed by atoms with van der Waals surface area (Å²) in [7, 11) is 2.51. The van der Waals surface area contributed by atoms with Gasteiger partial charge in [-0.05, 0) is 11.6 Å². The Bertz CT molecular complexity index is 705. The number of methoxy groups -OCH3 is 2. The van der Waals surface area contributed by atoms with Crippen molar-refractivity contribution in [3.05, 3.63) is 40.3 Å². The van der Waals surface area contributed by atoms with E-state index in [4.69, 9.17) is 16.3 Å². The summed E-state index contributed by atoms with van der Waals surface area (Å²) < 4.78 is 9.36. The van der Waals surface area contributed by atoms with Gasteiger partial charge < -0.3 is 14.4 Å². The highest BCUT2D eigenvalue weighted by Gasteiger charge is 2.30. The van der Waals surface area contributed by atoms with Crippen LogP contribution in [0.1, 0.15) is 12.0 Å². The van der Waals surface area contributed by atoms with Crippen LogP contribution in [0.3, 0.4) is 0 Å². The van der Waals surface area contributed by atoms with Crippen molar-refractivity contribution in [2.24, 2.45) is 0 Å². The number of ether oxygens (including phenoxy) is 2. The molecule has 0 atom stereocenters. The number of carbonyl (C=O) groups is 3. The molecule has 0 saturated carbocycles. The lowest BCUT2D eigenvalue weighted by molar-refractivity contribution is -0.146. The zero-order chi connectivity index (χ0) is 18.4. The van der Waals surface area contributed by atoms with Crippen molar-refractivity contribution in [1.82, 2.24) is 9.88 Å². The summed E-state index contributed by atoms with van der Waals surface area (Å²) in [5, 5.41) is 0.335. The Morgan fingerprint density at radius 1 is 1.24 bits per heavy atom. The smallest absolute Gasteiger partial charge is 0.336 e. The zero-order valence-electron chi connectivity index (χ0n) is 13.8. The van der Waals surface area contributed by atoms with Gasteiger partial charge in [-0.25, -0.2) is 9.78 Å². The molecule has 134 valence electrons. The van der Waals surface area contributed by atoms with Gasteiger partial charge in [-0.2, -0.15) is 11.8 Å². The fourth-order valence-electron chi connectivity index (χ4n) is 2.27. The summed E-state index contributed by atoms with van der Waals surface area (Å²) >= 11 is 7.28. The highest BCUT2D eigenvalue weighted by Crippen LogP contribution is 2.30. The summed E-state index contributed by atoms with van der Waals surface area (Å²) in [6.07, 6.45) is 1.13. The van der Waals surface area contributed by atoms with E-state index in [9.17, 15) is 14.4 Å². The number of halogens is 1. The summed E-state index contributed by atoms with van der Waals surface area (Å²) in [5.74, 6) is -0.665. The van der Waals surface area contributed by atoms with Crippen molar-refractivity contribution in [1.29, 1.82) is 0 Å². The molecule has 1 amide bonds. The van der Waals surface area contributed by atoms with Gasteiger partial charge in [0.2, 0.25) is 5.91 Å². The Morgan fingerprint density at radius 3 is 2.60 bits per heavy atom. The Balaban J connectivity index is 2.34. The SMILES string of the molecule is COC(=O)CC(=O)N(Cc1ccc(Cl)nc1)C1=C(C(=O)OC)CSC1. The minimum absolute atomic E-state index is 0.163. The van der Waals surface area contributed by atoms with E-state index in [0.717, 1.165) is 5.56 Å². The molecule has 0 spiro atoms. The molecule has 0 radical (unpaired) electrons. The number of pyridine rings is 1. The molecule has 0 aromatic carbocycles. The highest BCUT2D eigenvalue weighted by atomic mass is 35.5. The summed E-state index contributed by atoms with van der Waals surface area (Å²) in [6, 6.07) is 3.34. The van der Waals surface area contributed by atoms with Gasteiger partial charge in [-0.3, -0.25) is 9.59 Å². The first-order chi connectivity index (χ1) is 12.0. The topological polar surface area (TPSA) is 85.8 Å². The quantitative estimate of drug-likeness (QED) is 0.420. The van der Waals surface area contributed by atoms with Crippen LogP contribution in [0.25, 0.3) is 0 Å². The van der Waals surface area contributed by atoms with Gasteiger partial charge in [-0.15, -0.1) is 0 Å². The summed E-state index contributed by atoms with van der Waals surface area (Å²) in [5.41, 5.74) is 1.68. The number of hydrogen-bond donors (Lipinski definition) is 0. The second kappa shape index (κ2) is 8.87. The van der Waals surface area contributed by atoms with Gasteiger partial charge in [0.25, 0.3) is 0 Å². The van der Waals surface area contributed by atoms with Crippen LogP contribution in [0, 0.1) is 0 Å². The third kappa shape index (κ3) is 4.96. The van der Waals surface area contributed by atoms with E-state index in [1.807, 2.05) is 0 Å². The van der Waals surface area contributed by atoms with Crippen molar-refractivity contribution in [3.8, 4) is 0 Å². The van der Waals surface area contributed by atoms with Crippen LogP contribution in [0.4, 0.5) is 0 Å². The standard InChI is InChI=1S/C16H17ClN2O5S/c1-23-15(21)5-14(20)19(7-10-3-4-13(17)18-6-10)12-9-25-8-11(12)16(22)24-2/h3-4,6H,5,7-9H2,1-2H3. The second-order valence-corrected chi connectivity index (χ2v) is 6.50. The minimum Gasteiger partial charge on any atom is -0.469 e. The monoisotopic (exact) mass is 384 g/mol. The van der Waals surface area contributed by atoms with Gasteiger partial charge in [0.05, 0.1) is 26.3 Å². The fraction of sp³-hybridized carbons (Fsp3) is 0.375. The number of esters is 2. The molecule has 9 heteroatoms. The largest absolute Gasteiger partial charge is 0.469 e. The van der Waals surface area contributed by atoms with Crippen molar-refractivity contribution in [3.63, 3.8) is 0 Å². The molecule has 2 rings (SSSR count). The molecule has 1 aliphatic rings. The molecule has 1 aliphatic heterocycles. The number of rotatable bonds is 6. The molecule has 1 aromatic rings. The number of aromatic nitrogens is 1. The minimum atomic E-state index is -0.643. The molecular weight excluding hydrogens is 368 g/mol. The molecule has 0 N–H and O–H groups in total. The van der Waals surface area contributed by atoms with Gasteiger partial charge >= 0.3 is 11.9 Å². The number of carbonyl (C=O) groups excluding carboxylic acids is 3.